The predicted molar refractivity (Wildman–Crippen MR) is 111 cm³/mol. The molecule has 2 atom stereocenters. The van der Waals surface area contributed by atoms with Crippen LogP contribution in [0.15, 0.2) is 23.1 Å². The Morgan fingerprint density at radius 1 is 1.46 bits per heavy atom. The van der Waals surface area contributed by atoms with Crippen molar-refractivity contribution in [2.75, 3.05) is 31.7 Å². The van der Waals surface area contributed by atoms with Gasteiger partial charge in [-0.3, -0.25) is 4.79 Å². The number of nitrogens with one attached hydrogen (secondary N) is 1. The maximum Gasteiger partial charge on any atom is 0.245 e. The number of benzene rings is 1. The van der Waals surface area contributed by atoms with Crippen LogP contribution in [0.4, 0.5) is 0 Å². The van der Waals surface area contributed by atoms with Crippen molar-refractivity contribution in [1.29, 1.82) is 0 Å². The van der Waals surface area contributed by atoms with Gasteiger partial charge in [0.2, 0.25) is 15.9 Å². The van der Waals surface area contributed by atoms with Crippen LogP contribution in [0.3, 0.4) is 0 Å². The van der Waals surface area contributed by atoms with Crippen molar-refractivity contribution in [2.45, 2.75) is 30.2 Å². The van der Waals surface area contributed by atoms with E-state index in [1.54, 1.807) is 23.9 Å². The van der Waals surface area contributed by atoms with Gasteiger partial charge in [-0.25, -0.2) is 8.42 Å². The summed E-state index contributed by atoms with van der Waals surface area (Å²) >= 11 is 2.63. The van der Waals surface area contributed by atoms with Gasteiger partial charge in [0.15, 0.2) is 0 Å². The van der Waals surface area contributed by atoms with E-state index in [0.717, 1.165) is 17.5 Å². The van der Waals surface area contributed by atoms with Crippen LogP contribution in [0.5, 0.6) is 0 Å². The number of fused-ring (bicyclic) bond motifs is 1. The third-order valence-electron chi connectivity index (χ3n) is 4.86. The van der Waals surface area contributed by atoms with Gasteiger partial charge in [-0.15, -0.1) is 0 Å². The summed E-state index contributed by atoms with van der Waals surface area (Å²) in [4.78, 5) is 12.8. The number of amides is 1. The SMILES string of the molecule is CSCC[C@H](CO)NC(=O)[C@H]1CCCN(S(=O)(=O)c2cccc3nsnc23)C1. The van der Waals surface area contributed by atoms with Crippen molar-refractivity contribution in [3.8, 4) is 0 Å². The molecule has 1 fully saturated rings. The second-order valence-corrected chi connectivity index (χ2v) is 10.2. The number of carbonyl (C=O) groups excluding carboxylic acids is 1. The average molecular weight is 445 g/mol. The van der Waals surface area contributed by atoms with Crippen molar-refractivity contribution >= 4 is 50.5 Å². The monoisotopic (exact) mass is 444 g/mol. The molecule has 0 unspecified atom stereocenters. The molecular weight excluding hydrogens is 420 g/mol. The molecule has 11 heteroatoms. The zero-order chi connectivity index (χ0) is 20.1. The summed E-state index contributed by atoms with van der Waals surface area (Å²) < 4.78 is 36.0. The number of rotatable bonds is 8. The summed E-state index contributed by atoms with van der Waals surface area (Å²) in [6.07, 6.45) is 3.88. The van der Waals surface area contributed by atoms with E-state index in [1.165, 1.54) is 10.4 Å². The lowest BCUT2D eigenvalue weighted by atomic mass is 9.98. The van der Waals surface area contributed by atoms with Gasteiger partial charge in [-0.05, 0) is 43.4 Å². The van der Waals surface area contributed by atoms with Crippen LogP contribution in [-0.2, 0) is 14.8 Å². The molecule has 0 radical (unpaired) electrons. The third kappa shape index (κ3) is 4.65. The molecule has 0 aliphatic carbocycles. The van der Waals surface area contributed by atoms with Gasteiger partial charge >= 0.3 is 0 Å². The van der Waals surface area contributed by atoms with E-state index in [9.17, 15) is 18.3 Å². The Kier molecular flexibility index (Phi) is 7.26. The standard InChI is InChI=1S/C17H24N4O4S3/c1-26-9-7-13(11-22)18-17(23)12-4-3-8-21(10-12)28(24,25)15-6-2-5-14-16(15)20-27-19-14/h2,5-6,12-13,22H,3-4,7-11H2,1H3,(H,18,23)/t12-,13+/m0/s1. The minimum atomic E-state index is -3.77. The van der Waals surface area contributed by atoms with Gasteiger partial charge in [0.05, 0.1) is 30.3 Å². The number of carbonyl (C=O) groups is 1. The molecule has 3 rings (SSSR count). The number of piperidine rings is 1. The lowest BCUT2D eigenvalue weighted by Crippen LogP contribution is -2.48. The second kappa shape index (κ2) is 9.49. The molecule has 1 aromatic heterocycles. The van der Waals surface area contributed by atoms with Crippen molar-refractivity contribution < 1.29 is 18.3 Å². The van der Waals surface area contributed by atoms with Crippen molar-refractivity contribution in [2.24, 2.45) is 5.92 Å². The summed E-state index contributed by atoms with van der Waals surface area (Å²) in [7, 11) is -3.77. The first-order valence-corrected chi connectivity index (χ1v) is 12.7. The summed E-state index contributed by atoms with van der Waals surface area (Å²) in [6, 6.07) is 4.62. The van der Waals surface area contributed by atoms with Crippen LogP contribution in [0, 0.1) is 5.92 Å². The molecule has 2 N–H and O–H groups in total. The summed E-state index contributed by atoms with van der Waals surface area (Å²) in [5, 5.41) is 12.3. The Hall–Kier alpha value is -1.27. The number of hydrogen-bond donors (Lipinski definition) is 2. The van der Waals surface area contributed by atoms with Crippen molar-refractivity contribution in [3.63, 3.8) is 0 Å². The Labute approximate surface area is 173 Å². The maximum atomic E-state index is 13.2. The molecule has 2 aromatic rings. The lowest BCUT2D eigenvalue weighted by Gasteiger charge is -2.32. The van der Waals surface area contributed by atoms with E-state index in [4.69, 9.17) is 0 Å². The zero-order valence-electron chi connectivity index (χ0n) is 15.6. The van der Waals surface area contributed by atoms with E-state index >= 15 is 0 Å². The highest BCUT2D eigenvalue weighted by Gasteiger charge is 2.35. The van der Waals surface area contributed by atoms with Crippen LogP contribution < -0.4 is 5.32 Å². The first kappa shape index (κ1) is 21.4. The summed E-state index contributed by atoms with van der Waals surface area (Å²) in [6.45, 7) is 0.374. The Bertz CT molecular complexity index is 918. The quantitative estimate of drug-likeness (QED) is 0.631. The fourth-order valence-corrected chi connectivity index (χ4v) is 6.09. The fraction of sp³-hybridized carbons (Fsp3) is 0.588. The molecule has 0 bridgehead atoms. The summed E-state index contributed by atoms with van der Waals surface area (Å²) in [5.41, 5.74) is 0.924. The molecule has 2 heterocycles. The van der Waals surface area contributed by atoms with Gasteiger partial charge in [0, 0.05) is 13.1 Å². The molecular formula is C17H24N4O4S3. The minimum absolute atomic E-state index is 0.125. The Morgan fingerprint density at radius 3 is 3.04 bits per heavy atom. The molecule has 1 aliphatic rings. The normalized spacial score (nSPS) is 19.6. The van der Waals surface area contributed by atoms with E-state index in [-0.39, 0.29) is 30.0 Å². The van der Waals surface area contributed by atoms with Gasteiger partial charge < -0.3 is 10.4 Å². The van der Waals surface area contributed by atoms with Gasteiger partial charge in [-0.2, -0.15) is 24.8 Å². The number of aromatic nitrogens is 2. The molecule has 8 nitrogen and oxygen atoms in total. The highest BCUT2D eigenvalue weighted by Crippen LogP contribution is 2.28. The Morgan fingerprint density at radius 2 is 2.29 bits per heavy atom. The van der Waals surface area contributed by atoms with E-state index in [0.29, 0.717) is 36.8 Å². The molecule has 28 heavy (non-hydrogen) atoms. The zero-order valence-corrected chi connectivity index (χ0v) is 18.0. The number of sulfonamides is 1. The molecule has 1 amide bonds. The number of aliphatic hydroxyl groups is 1. The van der Waals surface area contributed by atoms with Crippen LogP contribution >= 0.6 is 23.5 Å². The smallest absolute Gasteiger partial charge is 0.245 e. The van der Waals surface area contributed by atoms with Gasteiger partial charge in [-0.1, -0.05) is 6.07 Å². The third-order valence-corrected chi connectivity index (χ3v) is 7.94. The lowest BCUT2D eigenvalue weighted by molar-refractivity contribution is -0.127. The first-order chi connectivity index (χ1) is 13.5. The predicted octanol–water partition coefficient (Wildman–Crippen LogP) is 1.32. The molecule has 1 aliphatic heterocycles. The van der Waals surface area contributed by atoms with E-state index < -0.39 is 15.9 Å². The van der Waals surface area contributed by atoms with Gasteiger partial charge in [0.25, 0.3) is 0 Å². The van der Waals surface area contributed by atoms with Crippen LogP contribution in [-0.4, -0.2) is 70.2 Å². The molecule has 0 saturated carbocycles. The Balaban J connectivity index is 1.73. The number of nitrogens with zero attached hydrogens (tertiary/aromatic N) is 3. The fourth-order valence-electron chi connectivity index (χ4n) is 3.29. The number of thioether (sulfide) groups is 1. The topological polar surface area (TPSA) is 112 Å². The maximum absolute atomic E-state index is 13.2. The highest BCUT2D eigenvalue weighted by atomic mass is 32.2. The molecule has 154 valence electrons. The molecule has 1 aromatic carbocycles. The minimum Gasteiger partial charge on any atom is -0.394 e. The number of aliphatic hydroxyl groups excluding tert-OH is 1. The first-order valence-electron chi connectivity index (χ1n) is 9.09. The highest BCUT2D eigenvalue weighted by molar-refractivity contribution is 7.98. The largest absolute Gasteiger partial charge is 0.394 e. The van der Waals surface area contributed by atoms with E-state index in [1.807, 2.05) is 6.26 Å². The van der Waals surface area contributed by atoms with Crippen LogP contribution in [0.2, 0.25) is 0 Å². The molecule has 0 spiro atoms. The van der Waals surface area contributed by atoms with Crippen LogP contribution in [0.1, 0.15) is 19.3 Å². The molecule has 1 saturated heterocycles. The number of hydrogen-bond acceptors (Lipinski definition) is 8. The van der Waals surface area contributed by atoms with Crippen molar-refractivity contribution in [1.82, 2.24) is 18.4 Å². The van der Waals surface area contributed by atoms with Crippen molar-refractivity contribution in [3.05, 3.63) is 18.2 Å². The van der Waals surface area contributed by atoms with Gasteiger partial charge in [0.1, 0.15) is 15.9 Å². The second-order valence-electron chi connectivity index (χ2n) is 6.76. The van der Waals surface area contributed by atoms with Crippen LogP contribution in [0.25, 0.3) is 11.0 Å². The summed E-state index contributed by atoms with van der Waals surface area (Å²) in [5.74, 6) is 0.204. The van der Waals surface area contributed by atoms with E-state index in [2.05, 4.69) is 14.1 Å². The average Bonchev–Trinajstić information content (AvgIpc) is 3.19.